The van der Waals surface area contributed by atoms with Gasteiger partial charge in [-0.25, -0.2) is 17.1 Å². The number of carbonyl (C=O) groups is 1. The second-order valence-corrected chi connectivity index (χ2v) is 9.28. The van der Waals surface area contributed by atoms with Gasteiger partial charge in [0.05, 0.1) is 12.4 Å². The van der Waals surface area contributed by atoms with Crippen molar-refractivity contribution in [1.82, 2.24) is 9.62 Å². The molecule has 2 aromatic rings. The molecule has 30 heavy (non-hydrogen) atoms. The Bertz CT molecular complexity index is 955. The maximum atomic E-state index is 13.0. The zero-order valence-corrected chi connectivity index (χ0v) is 17.8. The van der Waals surface area contributed by atoms with Crippen molar-refractivity contribution < 1.29 is 22.3 Å². The van der Waals surface area contributed by atoms with Crippen LogP contribution in [-0.2, 0) is 27.1 Å². The SMILES string of the molecule is CCOc1ccccc1CNC(=O)C1CCN(S(=O)(=O)Cc2ccc(F)cc2)CC1. The molecule has 0 spiro atoms. The predicted octanol–water partition coefficient (Wildman–Crippen LogP) is 3.08. The summed E-state index contributed by atoms with van der Waals surface area (Å²) in [6, 6.07) is 13.0. The summed E-state index contributed by atoms with van der Waals surface area (Å²) in [6.07, 6.45) is 0.948. The Hall–Kier alpha value is -2.45. The molecule has 1 fully saturated rings. The molecular weight excluding hydrogens is 407 g/mol. The number of ether oxygens (including phenoxy) is 1. The summed E-state index contributed by atoms with van der Waals surface area (Å²) in [5.74, 6) is -0.106. The molecule has 8 heteroatoms. The monoisotopic (exact) mass is 434 g/mol. The van der Waals surface area contributed by atoms with Crippen LogP contribution in [-0.4, -0.2) is 38.3 Å². The van der Waals surface area contributed by atoms with Gasteiger partial charge in [-0.2, -0.15) is 0 Å². The van der Waals surface area contributed by atoms with Crippen LogP contribution in [0.1, 0.15) is 30.9 Å². The van der Waals surface area contributed by atoms with E-state index in [4.69, 9.17) is 4.74 Å². The maximum absolute atomic E-state index is 13.0. The van der Waals surface area contributed by atoms with Crippen LogP contribution in [0.15, 0.2) is 48.5 Å². The smallest absolute Gasteiger partial charge is 0.223 e. The molecule has 0 aliphatic carbocycles. The van der Waals surface area contributed by atoms with Crippen LogP contribution < -0.4 is 10.1 Å². The maximum Gasteiger partial charge on any atom is 0.223 e. The average molecular weight is 435 g/mol. The van der Waals surface area contributed by atoms with Gasteiger partial charge in [-0.3, -0.25) is 4.79 Å². The molecule has 0 saturated carbocycles. The van der Waals surface area contributed by atoms with Crippen molar-refractivity contribution in [2.45, 2.75) is 32.1 Å². The lowest BCUT2D eigenvalue weighted by atomic mass is 9.97. The fourth-order valence-corrected chi connectivity index (χ4v) is 5.11. The summed E-state index contributed by atoms with van der Waals surface area (Å²) in [5, 5.41) is 2.94. The second kappa shape index (κ2) is 10.0. The number of hydrogen-bond acceptors (Lipinski definition) is 4. The number of hydrogen-bond donors (Lipinski definition) is 1. The number of rotatable bonds is 8. The van der Waals surface area contributed by atoms with Crippen molar-refractivity contribution in [3.05, 3.63) is 65.5 Å². The molecule has 1 amide bonds. The summed E-state index contributed by atoms with van der Waals surface area (Å²) in [5.41, 5.74) is 1.45. The third-order valence-electron chi connectivity index (χ3n) is 5.21. The number of sulfonamides is 1. The highest BCUT2D eigenvalue weighted by molar-refractivity contribution is 7.88. The minimum absolute atomic E-state index is 0.0723. The molecule has 0 bridgehead atoms. The number of piperidine rings is 1. The molecule has 1 aliphatic rings. The van der Waals surface area contributed by atoms with Gasteiger partial charge in [-0.15, -0.1) is 0 Å². The minimum Gasteiger partial charge on any atom is -0.494 e. The van der Waals surface area contributed by atoms with Crippen molar-refractivity contribution in [1.29, 1.82) is 0 Å². The molecule has 0 unspecified atom stereocenters. The summed E-state index contributed by atoms with van der Waals surface area (Å²) < 4.78 is 45.3. The summed E-state index contributed by atoms with van der Waals surface area (Å²) in [6.45, 7) is 3.44. The number of benzene rings is 2. The van der Waals surface area contributed by atoms with Crippen molar-refractivity contribution in [2.75, 3.05) is 19.7 Å². The van der Waals surface area contributed by atoms with Gasteiger partial charge < -0.3 is 10.1 Å². The number of amides is 1. The molecule has 6 nitrogen and oxygen atoms in total. The van der Waals surface area contributed by atoms with E-state index in [9.17, 15) is 17.6 Å². The van der Waals surface area contributed by atoms with Gasteiger partial charge in [-0.05, 0) is 43.5 Å². The van der Waals surface area contributed by atoms with E-state index in [1.807, 2.05) is 31.2 Å². The molecule has 2 aromatic carbocycles. The van der Waals surface area contributed by atoms with Crippen LogP contribution in [0.5, 0.6) is 5.75 Å². The van der Waals surface area contributed by atoms with Crippen molar-refractivity contribution >= 4 is 15.9 Å². The number of nitrogens with zero attached hydrogens (tertiary/aromatic N) is 1. The van der Waals surface area contributed by atoms with Crippen LogP contribution in [0.4, 0.5) is 4.39 Å². The number of para-hydroxylation sites is 1. The first-order chi connectivity index (χ1) is 14.4. The third-order valence-corrected chi connectivity index (χ3v) is 7.06. The highest BCUT2D eigenvalue weighted by Gasteiger charge is 2.31. The molecule has 1 aliphatic heterocycles. The Morgan fingerprint density at radius 3 is 2.47 bits per heavy atom. The first-order valence-corrected chi connectivity index (χ1v) is 11.7. The van der Waals surface area contributed by atoms with Crippen molar-refractivity contribution in [3.63, 3.8) is 0 Å². The van der Waals surface area contributed by atoms with Crippen molar-refractivity contribution in [3.8, 4) is 5.75 Å². The molecule has 1 heterocycles. The van der Waals surface area contributed by atoms with Crippen LogP contribution >= 0.6 is 0 Å². The van der Waals surface area contributed by atoms with E-state index in [2.05, 4.69) is 5.32 Å². The lowest BCUT2D eigenvalue weighted by Gasteiger charge is -2.30. The van der Waals surface area contributed by atoms with E-state index in [0.717, 1.165) is 11.3 Å². The molecule has 0 aromatic heterocycles. The summed E-state index contributed by atoms with van der Waals surface area (Å²) in [4.78, 5) is 12.6. The summed E-state index contributed by atoms with van der Waals surface area (Å²) >= 11 is 0. The topological polar surface area (TPSA) is 75.7 Å². The number of carbonyl (C=O) groups excluding carboxylic acids is 1. The molecule has 3 rings (SSSR count). The number of nitrogens with one attached hydrogen (secondary N) is 1. The van der Waals surface area contributed by atoms with Gasteiger partial charge in [0.1, 0.15) is 11.6 Å². The lowest BCUT2D eigenvalue weighted by molar-refractivity contribution is -0.126. The Balaban J connectivity index is 1.51. The molecular formula is C22H27FN2O4S. The molecule has 1 N–H and O–H groups in total. The minimum atomic E-state index is -3.50. The fraction of sp³-hybridized carbons (Fsp3) is 0.409. The lowest BCUT2D eigenvalue weighted by Crippen LogP contribution is -2.43. The van der Waals surface area contributed by atoms with Gasteiger partial charge in [-0.1, -0.05) is 30.3 Å². The van der Waals surface area contributed by atoms with E-state index >= 15 is 0 Å². The van der Waals surface area contributed by atoms with E-state index in [0.29, 0.717) is 44.6 Å². The van der Waals surface area contributed by atoms with Crippen molar-refractivity contribution in [2.24, 2.45) is 5.92 Å². The zero-order chi connectivity index (χ0) is 21.6. The van der Waals surface area contributed by atoms with Gasteiger partial charge in [0, 0.05) is 31.1 Å². The van der Waals surface area contributed by atoms with E-state index in [1.54, 1.807) is 0 Å². The third kappa shape index (κ3) is 5.79. The van der Waals surface area contributed by atoms with Crippen LogP contribution in [0.3, 0.4) is 0 Å². The van der Waals surface area contributed by atoms with Gasteiger partial charge in [0.2, 0.25) is 15.9 Å². The largest absolute Gasteiger partial charge is 0.494 e. The quantitative estimate of drug-likeness (QED) is 0.693. The van der Waals surface area contributed by atoms with E-state index in [-0.39, 0.29) is 17.6 Å². The van der Waals surface area contributed by atoms with Crippen LogP contribution in [0, 0.1) is 11.7 Å². The Kier molecular flexibility index (Phi) is 7.44. The highest BCUT2D eigenvalue weighted by Crippen LogP contribution is 2.23. The molecule has 1 saturated heterocycles. The predicted molar refractivity (Wildman–Crippen MR) is 113 cm³/mol. The fourth-order valence-electron chi connectivity index (χ4n) is 3.55. The molecule has 0 atom stereocenters. The molecule has 0 radical (unpaired) electrons. The number of halogens is 1. The first-order valence-electron chi connectivity index (χ1n) is 10.1. The van der Waals surface area contributed by atoms with Crippen LogP contribution in [0.2, 0.25) is 0 Å². The van der Waals surface area contributed by atoms with Crippen LogP contribution in [0.25, 0.3) is 0 Å². The Morgan fingerprint density at radius 1 is 1.13 bits per heavy atom. The van der Waals surface area contributed by atoms with E-state index < -0.39 is 15.8 Å². The summed E-state index contributed by atoms with van der Waals surface area (Å²) in [7, 11) is -3.50. The van der Waals surface area contributed by atoms with Gasteiger partial charge in [0.25, 0.3) is 0 Å². The van der Waals surface area contributed by atoms with Gasteiger partial charge >= 0.3 is 0 Å². The first kappa shape index (κ1) is 22.2. The van der Waals surface area contributed by atoms with E-state index in [1.165, 1.54) is 28.6 Å². The Morgan fingerprint density at radius 2 is 1.80 bits per heavy atom. The van der Waals surface area contributed by atoms with Gasteiger partial charge in [0.15, 0.2) is 0 Å². The zero-order valence-electron chi connectivity index (χ0n) is 17.0. The Labute approximate surface area is 177 Å². The molecule has 162 valence electrons. The highest BCUT2D eigenvalue weighted by atomic mass is 32.2. The average Bonchev–Trinajstić information content (AvgIpc) is 2.75. The normalized spacial score (nSPS) is 15.7. The second-order valence-electron chi connectivity index (χ2n) is 7.31. The standard InChI is InChI=1S/C22H27FN2O4S/c1-2-29-21-6-4-3-5-19(21)15-24-22(26)18-11-13-25(14-12-18)30(27,28)16-17-7-9-20(23)10-8-17/h3-10,18H,2,11-16H2,1H3,(H,24,26).